The van der Waals surface area contributed by atoms with Crippen molar-refractivity contribution in [2.75, 3.05) is 19.6 Å². The maximum absolute atomic E-state index is 12.6. The smallest absolute Gasteiger partial charge is 0.244 e. The molecule has 1 aromatic carbocycles. The molecule has 1 aromatic rings. The van der Waals surface area contributed by atoms with Gasteiger partial charge in [0.2, 0.25) is 10.0 Å². The van der Waals surface area contributed by atoms with Gasteiger partial charge in [-0.05, 0) is 24.1 Å². The lowest BCUT2D eigenvalue weighted by Gasteiger charge is -2.30. The lowest BCUT2D eigenvalue weighted by molar-refractivity contribution is 0.273. The lowest BCUT2D eigenvalue weighted by Crippen LogP contribution is -2.41. The van der Waals surface area contributed by atoms with Crippen LogP contribution < -0.4 is 5.73 Å². The summed E-state index contributed by atoms with van der Waals surface area (Å²) < 4.78 is 26.6. The van der Waals surface area contributed by atoms with E-state index >= 15 is 0 Å². The summed E-state index contributed by atoms with van der Waals surface area (Å²) in [6.07, 6.45) is 0. The van der Waals surface area contributed by atoms with E-state index in [-0.39, 0.29) is 15.3 Å². The monoisotopic (exact) mass is 304 g/mol. The molecular weight excluding hydrogens is 284 g/mol. The van der Waals surface area contributed by atoms with Crippen molar-refractivity contribution < 1.29 is 8.42 Å². The van der Waals surface area contributed by atoms with Crippen LogP contribution in [-0.2, 0) is 10.0 Å². The van der Waals surface area contributed by atoms with E-state index < -0.39 is 10.0 Å². The molecule has 0 heterocycles. The van der Waals surface area contributed by atoms with Crippen LogP contribution in [-0.4, -0.2) is 32.4 Å². The molecule has 0 aliphatic carbocycles. The zero-order valence-electron chi connectivity index (χ0n) is 11.6. The summed E-state index contributed by atoms with van der Waals surface area (Å²) in [5.74, 6) is 0. The fourth-order valence-corrected chi connectivity index (χ4v) is 3.83. The van der Waals surface area contributed by atoms with Gasteiger partial charge in [0.25, 0.3) is 0 Å². The molecule has 0 spiro atoms. The summed E-state index contributed by atoms with van der Waals surface area (Å²) in [6.45, 7) is 6.86. The predicted molar refractivity (Wildman–Crippen MR) is 78.7 cm³/mol. The molecule has 0 bridgehead atoms. The van der Waals surface area contributed by atoms with E-state index in [0.717, 1.165) is 0 Å². The van der Waals surface area contributed by atoms with Gasteiger partial charge in [-0.15, -0.1) is 0 Å². The summed E-state index contributed by atoms with van der Waals surface area (Å²) in [6, 6.07) is 6.48. The van der Waals surface area contributed by atoms with Gasteiger partial charge in [0.1, 0.15) is 4.90 Å². The fourth-order valence-electron chi connectivity index (χ4n) is 1.70. The van der Waals surface area contributed by atoms with E-state index in [1.807, 2.05) is 13.8 Å². The number of hydrogen-bond acceptors (Lipinski definition) is 3. The summed E-state index contributed by atoms with van der Waals surface area (Å²) in [7, 11) is -3.58. The molecule has 0 amide bonds. The van der Waals surface area contributed by atoms with Crippen LogP contribution in [0, 0.1) is 5.41 Å². The Balaban J connectivity index is 3.14. The highest BCUT2D eigenvalue weighted by molar-refractivity contribution is 7.89. The Morgan fingerprint density at radius 1 is 1.32 bits per heavy atom. The Hall–Kier alpha value is -0.620. The van der Waals surface area contributed by atoms with Crippen LogP contribution in [0.15, 0.2) is 29.2 Å². The number of rotatable bonds is 6. The van der Waals surface area contributed by atoms with Crippen molar-refractivity contribution in [3.05, 3.63) is 29.3 Å². The molecule has 0 saturated heterocycles. The molecule has 2 N–H and O–H groups in total. The van der Waals surface area contributed by atoms with Gasteiger partial charge in [0, 0.05) is 13.1 Å². The molecular formula is C13H21ClN2O2S. The average Bonchev–Trinajstić information content (AvgIpc) is 2.36. The molecule has 0 aromatic heterocycles. The molecule has 0 aliphatic heterocycles. The number of nitrogens with zero attached hydrogens (tertiary/aromatic N) is 1. The van der Waals surface area contributed by atoms with Crippen LogP contribution in [0.1, 0.15) is 20.8 Å². The van der Waals surface area contributed by atoms with E-state index in [1.165, 1.54) is 10.4 Å². The van der Waals surface area contributed by atoms with Gasteiger partial charge in [0.05, 0.1) is 5.02 Å². The standard InChI is InChI=1S/C13H21ClN2O2S/c1-4-16(10-13(2,3)9-15)19(17,18)12-8-6-5-7-11(12)14/h5-8H,4,9-10,15H2,1-3H3. The highest BCUT2D eigenvalue weighted by Crippen LogP contribution is 2.26. The Bertz CT molecular complexity index is 529. The van der Waals surface area contributed by atoms with E-state index in [1.54, 1.807) is 25.1 Å². The van der Waals surface area contributed by atoms with Crippen molar-refractivity contribution in [3.8, 4) is 0 Å². The first kappa shape index (κ1) is 16.4. The lowest BCUT2D eigenvalue weighted by atomic mass is 9.94. The summed E-state index contributed by atoms with van der Waals surface area (Å²) in [4.78, 5) is 0.145. The topological polar surface area (TPSA) is 63.4 Å². The van der Waals surface area contributed by atoms with E-state index in [9.17, 15) is 8.42 Å². The van der Waals surface area contributed by atoms with Crippen LogP contribution in [0.2, 0.25) is 5.02 Å². The normalized spacial score (nSPS) is 12.9. The third kappa shape index (κ3) is 3.92. The van der Waals surface area contributed by atoms with Crippen molar-refractivity contribution in [2.45, 2.75) is 25.7 Å². The summed E-state index contributed by atoms with van der Waals surface area (Å²) >= 11 is 5.98. The largest absolute Gasteiger partial charge is 0.330 e. The van der Waals surface area contributed by atoms with Crippen LogP contribution in [0.4, 0.5) is 0 Å². The molecule has 108 valence electrons. The molecule has 0 fully saturated rings. The predicted octanol–water partition coefficient (Wildman–Crippen LogP) is 2.34. The van der Waals surface area contributed by atoms with E-state index in [0.29, 0.717) is 19.6 Å². The third-order valence-electron chi connectivity index (χ3n) is 2.96. The zero-order chi connectivity index (χ0) is 14.7. The maximum atomic E-state index is 12.6. The molecule has 6 heteroatoms. The van der Waals surface area contributed by atoms with E-state index in [4.69, 9.17) is 17.3 Å². The van der Waals surface area contributed by atoms with Crippen molar-refractivity contribution in [1.29, 1.82) is 0 Å². The van der Waals surface area contributed by atoms with Gasteiger partial charge in [0.15, 0.2) is 0 Å². The number of benzene rings is 1. The number of hydrogen-bond donors (Lipinski definition) is 1. The number of nitrogens with two attached hydrogens (primary N) is 1. The molecule has 4 nitrogen and oxygen atoms in total. The van der Waals surface area contributed by atoms with Crippen LogP contribution in [0.3, 0.4) is 0 Å². The molecule has 0 aliphatic rings. The molecule has 0 radical (unpaired) electrons. The average molecular weight is 305 g/mol. The highest BCUT2D eigenvalue weighted by atomic mass is 35.5. The minimum absolute atomic E-state index is 0.145. The third-order valence-corrected chi connectivity index (χ3v) is 5.38. The second kappa shape index (κ2) is 6.22. The molecule has 19 heavy (non-hydrogen) atoms. The number of halogens is 1. The minimum atomic E-state index is -3.58. The highest BCUT2D eigenvalue weighted by Gasteiger charge is 2.30. The first-order valence-electron chi connectivity index (χ1n) is 6.19. The first-order valence-corrected chi connectivity index (χ1v) is 8.01. The summed E-state index contributed by atoms with van der Waals surface area (Å²) in [5.41, 5.74) is 5.40. The molecule has 0 saturated carbocycles. The van der Waals surface area contributed by atoms with Gasteiger partial charge in [-0.3, -0.25) is 0 Å². The van der Waals surface area contributed by atoms with Gasteiger partial charge in [-0.1, -0.05) is 44.5 Å². The van der Waals surface area contributed by atoms with Crippen molar-refractivity contribution >= 4 is 21.6 Å². The minimum Gasteiger partial charge on any atom is -0.330 e. The Labute approximate surface area is 120 Å². The summed E-state index contributed by atoms with van der Waals surface area (Å²) in [5, 5.41) is 0.242. The SMILES string of the molecule is CCN(CC(C)(C)CN)S(=O)(=O)c1ccccc1Cl. The fraction of sp³-hybridized carbons (Fsp3) is 0.538. The molecule has 1 rings (SSSR count). The molecule has 0 unspecified atom stereocenters. The Morgan fingerprint density at radius 2 is 1.89 bits per heavy atom. The second-order valence-electron chi connectivity index (χ2n) is 5.23. The van der Waals surface area contributed by atoms with Crippen LogP contribution in [0.25, 0.3) is 0 Å². The number of sulfonamides is 1. The van der Waals surface area contributed by atoms with Crippen molar-refractivity contribution in [3.63, 3.8) is 0 Å². The van der Waals surface area contributed by atoms with Crippen LogP contribution >= 0.6 is 11.6 Å². The second-order valence-corrected chi connectivity index (χ2v) is 7.54. The van der Waals surface area contributed by atoms with Crippen molar-refractivity contribution in [1.82, 2.24) is 4.31 Å². The Kier molecular flexibility index (Phi) is 5.38. The van der Waals surface area contributed by atoms with Gasteiger partial charge in [-0.25, -0.2) is 8.42 Å². The zero-order valence-corrected chi connectivity index (χ0v) is 13.1. The van der Waals surface area contributed by atoms with Crippen LogP contribution in [0.5, 0.6) is 0 Å². The van der Waals surface area contributed by atoms with Gasteiger partial charge >= 0.3 is 0 Å². The first-order chi connectivity index (χ1) is 8.74. The quantitative estimate of drug-likeness (QED) is 0.877. The van der Waals surface area contributed by atoms with E-state index in [2.05, 4.69) is 0 Å². The Morgan fingerprint density at radius 3 is 2.37 bits per heavy atom. The van der Waals surface area contributed by atoms with Gasteiger partial charge < -0.3 is 5.73 Å². The molecule has 0 atom stereocenters. The maximum Gasteiger partial charge on any atom is 0.244 e. The van der Waals surface area contributed by atoms with Gasteiger partial charge in [-0.2, -0.15) is 4.31 Å². The van der Waals surface area contributed by atoms with Crippen molar-refractivity contribution in [2.24, 2.45) is 11.1 Å².